The number of thiazole rings is 4. The minimum Gasteiger partial charge on any atom is -0.476 e. The molecule has 494 valence electrons. The number of amides is 3. The van der Waals surface area contributed by atoms with Gasteiger partial charge in [-0.25, -0.2) is 24.7 Å². The van der Waals surface area contributed by atoms with Gasteiger partial charge in [-0.15, -0.1) is 45.3 Å². The van der Waals surface area contributed by atoms with Gasteiger partial charge in [-0.1, -0.05) is 139 Å². The van der Waals surface area contributed by atoms with Crippen molar-refractivity contribution in [2.75, 3.05) is 27.2 Å². The number of carbonyl (C=O) groups excluding carboxylic acids is 3. The van der Waals surface area contributed by atoms with Crippen LogP contribution in [-0.2, 0) is 59.4 Å². The lowest BCUT2D eigenvalue weighted by molar-refractivity contribution is 0.0690. The minimum atomic E-state index is -1.07. The standard InChI is InChI=1S/C26H32N6O3S2.C22H22N4O4S2.15CH4.S2/c1-15(2)5-6-19-22-16(26(7-8-26)30-24(22)35)11-21(33)32(19)12-20-28-18(14-36-20)25-29-17(13-37-25)23(34)27-9-10-31(3)4;1-11(2)3-4-15-18-12(22(5-6-22)25-19(18)28)7-17(27)26(15)8-16-23-13(9-31-16)20-24-14(10-32-20)21(29)30;;;;;;;;;;;;;;;;1-2/h11,13-15H,5-10,12H2,1-4H3,(H,27,34)(H,30,35);7,9-11H,3-6,8H2,1-2H3,(H,25,28)(H,29,30);15*1H4;. The van der Waals surface area contributed by atoms with Gasteiger partial charge in [-0.05, 0) is 88.4 Å². The first-order valence-electron chi connectivity index (χ1n) is 23.3. The number of nitrogens with zero attached hydrogens (tertiary/aromatic N) is 7. The molecular weight excluding hydrogens is 1200 g/mol. The molecule has 10 rings (SSSR count). The number of carboxylic acid groups (broad SMARTS) is 1. The molecule has 0 radical (unpaired) electrons. The summed E-state index contributed by atoms with van der Waals surface area (Å²) in [4.78, 5) is 95.7. The number of carboxylic acids is 1. The monoisotopic (exact) mass is 1310 g/mol. The molecule has 3 amide bonds. The maximum absolute atomic E-state index is 13.3. The summed E-state index contributed by atoms with van der Waals surface area (Å²) >= 11 is 12.8. The van der Waals surface area contributed by atoms with E-state index in [4.69, 9.17) is 10.1 Å². The van der Waals surface area contributed by atoms with E-state index in [-0.39, 0.29) is 164 Å². The molecule has 4 aliphatic rings. The minimum absolute atomic E-state index is 0. The summed E-state index contributed by atoms with van der Waals surface area (Å²) in [5, 5.41) is 27.8. The van der Waals surface area contributed by atoms with Crippen LogP contribution in [0.2, 0.25) is 0 Å². The molecule has 2 aliphatic carbocycles. The summed E-state index contributed by atoms with van der Waals surface area (Å²) in [5.41, 5.74) is 5.41. The highest BCUT2D eigenvalue weighted by molar-refractivity contribution is 8.07. The predicted octanol–water partition coefficient (Wildman–Crippen LogP) is 16.1. The van der Waals surface area contributed by atoms with Gasteiger partial charge in [0.25, 0.3) is 28.8 Å². The SMILES string of the molecule is C.C.C.C.C.C.C.C.C.C.C.C.C.C.C.CC(C)CCc1c2c(cc(=O)n1Cc1nc(-c3nc(C(=O)NCCN(C)C)cs3)cs1)C1(CC1)NC2=O.CC(C)CCc1c2c(cc(=O)n1Cc1nc(-c3nc(C(=O)O)cs3)cs1)C1(CC1)NC2=O.S=S. The van der Waals surface area contributed by atoms with Crippen LogP contribution in [0.25, 0.3) is 21.4 Å². The number of aromatic nitrogens is 6. The fourth-order valence-corrected chi connectivity index (χ4v) is 12.0. The van der Waals surface area contributed by atoms with E-state index >= 15 is 0 Å². The fraction of sp³-hybridized carbons (Fsp3) is 0.587. The molecule has 4 N–H and O–H groups in total. The molecule has 2 fully saturated rings. The summed E-state index contributed by atoms with van der Waals surface area (Å²) in [6, 6.07) is 3.27. The van der Waals surface area contributed by atoms with E-state index in [9.17, 15) is 28.8 Å². The lowest BCUT2D eigenvalue weighted by Crippen LogP contribution is -2.31. The van der Waals surface area contributed by atoms with Crippen LogP contribution >= 0.6 is 45.3 Å². The van der Waals surface area contributed by atoms with Crippen molar-refractivity contribution >= 4 is 91.4 Å². The number of rotatable bonds is 17. The molecule has 0 aromatic carbocycles. The van der Waals surface area contributed by atoms with Crippen molar-refractivity contribution in [2.45, 2.75) is 215 Å². The molecular formula is C63H114N10O7S6. The summed E-state index contributed by atoms with van der Waals surface area (Å²) in [6.45, 7) is 10.4. The molecule has 17 nitrogen and oxygen atoms in total. The lowest BCUT2D eigenvalue weighted by Gasteiger charge is -2.17. The second kappa shape index (κ2) is 40.3. The Bertz CT molecular complexity index is 3140. The normalized spacial score (nSPS) is 12.6. The van der Waals surface area contributed by atoms with Gasteiger partial charge in [0.15, 0.2) is 5.69 Å². The van der Waals surface area contributed by atoms with Crippen LogP contribution in [-0.4, -0.2) is 90.0 Å². The van der Waals surface area contributed by atoms with Crippen LogP contribution in [0.4, 0.5) is 0 Å². The van der Waals surface area contributed by atoms with Crippen molar-refractivity contribution in [3.8, 4) is 21.4 Å². The van der Waals surface area contributed by atoms with Crippen molar-refractivity contribution in [3.63, 3.8) is 0 Å². The van der Waals surface area contributed by atoms with Crippen molar-refractivity contribution in [2.24, 2.45) is 11.8 Å². The summed E-state index contributed by atoms with van der Waals surface area (Å²) in [7, 11) is 3.91. The number of nitrogens with one attached hydrogen (secondary N) is 3. The third-order valence-electron chi connectivity index (χ3n) is 12.9. The van der Waals surface area contributed by atoms with E-state index in [1.807, 2.05) is 29.8 Å². The molecule has 0 unspecified atom stereocenters. The van der Waals surface area contributed by atoms with Gasteiger partial charge in [-0.3, -0.25) is 24.0 Å². The molecule has 2 aliphatic heterocycles. The Morgan fingerprint density at radius 1 is 0.593 bits per heavy atom. The van der Waals surface area contributed by atoms with Crippen LogP contribution in [0.1, 0.15) is 252 Å². The summed E-state index contributed by atoms with van der Waals surface area (Å²) in [5.74, 6) is -0.550. The van der Waals surface area contributed by atoms with Gasteiger partial charge in [0, 0.05) is 80.5 Å². The zero-order valence-electron chi connectivity index (χ0n) is 40.1. The van der Waals surface area contributed by atoms with Crippen LogP contribution in [0.3, 0.4) is 0 Å². The summed E-state index contributed by atoms with van der Waals surface area (Å²) < 4.78 is 3.39. The van der Waals surface area contributed by atoms with E-state index in [1.165, 1.54) is 50.7 Å². The van der Waals surface area contributed by atoms with E-state index in [2.05, 4.69) is 81.0 Å². The lowest BCUT2D eigenvalue weighted by atomic mass is 9.97. The van der Waals surface area contributed by atoms with E-state index < -0.39 is 5.97 Å². The second-order valence-corrected chi connectivity index (χ2v) is 22.8. The Hall–Kier alpha value is -5.30. The Labute approximate surface area is 546 Å². The zero-order valence-corrected chi connectivity index (χ0v) is 45.0. The first-order chi connectivity index (χ1) is 33.9. The molecule has 6 aromatic heterocycles. The maximum Gasteiger partial charge on any atom is 0.355 e. The number of carbonyl (C=O) groups is 4. The third kappa shape index (κ3) is 20.9. The highest BCUT2D eigenvalue weighted by Crippen LogP contribution is 2.51. The fourth-order valence-electron chi connectivity index (χ4n) is 8.81. The van der Waals surface area contributed by atoms with Crippen LogP contribution in [0, 0.1) is 11.8 Å². The first kappa shape index (κ1) is 97.0. The number of fused-ring (bicyclic) bond motifs is 4. The van der Waals surface area contributed by atoms with Crippen molar-refractivity contribution in [1.82, 2.24) is 49.9 Å². The Morgan fingerprint density at radius 3 is 1.28 bits per heavy atom. The Kier molecular flexibility index (Phi) is 45.4. The molecule has 0 bridgehead atoms. The molecule has 2 spiro atoms. The maximum atomic E-state index is 13.3. The predicted molar refractivity (Wildman–Crippen MR) is 383 cm³/mol. The van der Waals surface area contributed by atoms with Crippen molar-refractivity contribution < 1.29 is 24.3 Å². The molecule has 0 atom stereocenters. The Morgan fingerprint density at radius 2 is 0.953 bits per heavy atom. The molecule has 86 heavy (non-hydrogen) atoms. The van der Waals surface area contributed by atoms with Crippen molar-refractivity contribution in [1.29, 1.82) is 0 Å². The van der Waals surface area contributed by atoms with Crippen molar-refractivity contribution in [3.05, 3.63) is 109 Å². The van der Waals surface area contributed by atoms with Crippen LogP contribution in [0.15, 0.2) is 43.2 Å². The third-order valence-corrected chi connectivity index (χ3v) is 16.3. The van der Waals surface area contributed by atoms with Gasteiger partial charge in [-0.2, -0.15) is 0 Å². The quantitative estimate of drug-likeness (QED) is 0.0667. The average molecular weight is 1320 g/mol. The molecule has 2 saturated carbocycles. The number of hydrogen-bond donors (Lipinski definition) is 4. The molecule has 8 heterocycles. The van der Waals surface area contributed by atoms with E-state index in [1.54, 1.807) is 26.6 Å². The highest BCUT2D eigenvalue weighted by atomic mass is 32.8. The molecule has 23 heteroatoms. The van der Waals surface area contributed by atoms with Gasteiger partial charge in [0.1, 0.15) is 37.1 Å². The smallest absolute Gasteiger partial charge is 0.355 e. The topological polar surface area (TPSA) is 223 Å². The Balaban J connectivity index is -0.000000197. The average Bonchev–Trinajstić information content (AvgIpc) is 3.75. The largest absolute Gasteiger partial charge is 0.476 e. The van der Waals surface area contributed by atoms with Gasteiger partial charge < -0.3 is 35.1 Å². The number of likely N-dealkylation sites (N-methyl/N-ethyl adjacent to an activating group) is 1. The van der Waals surface area contributed by atoms with E-state index in [0.29, 0.717) is 81.0 Å². The second-order valence-electron chi connectivity index (χ2n) is 19.2. The zero-order chi connectivity index (χ0) is 50.9. The van der Waals surface area contributed by atoms with E-state index in [0.717, 1.165) is 72.6 Å². The summed E-state index contributed by atoms with van der Waals surface area (Å²) in [6.07, 6.45) is 6.59. The van der Waals surface area contributed by atoms with Gasteiger partial charge in [0.2, 0.25) is 0 Å². The van der Waals surface area contributed by atoms with Crippen LogP contribution in [0.5, 0.6) is 0 Å². The molecule has 6 aromatic rings. The number of pyridine rings is 2. The van der Waals surface area contributed by atoms with Gasteiger partial charge >= 0.3 is 5.97 Å². The number of aromatic carboxylic acids is 1. The van der Waals surface area contributed by atoms with Crippen LogP contribution < -0.4 is 27.1 Å². The highest BCUT2D eigenvalue weighted by Gasteiger charge is 2.54. The van der Waals surface area contributed by atoms with Gasteiger partial charge in [0.05, 0.1) is 35.3 Å². The first-order valence-corrected chi connectivity index (χ1v) is 28.1. The number of hydrogen-bond acceptors (Lipinski definition) is 17. The molecule has 0 saturated heterocycles.